The fraction of sp³-hybridized carbons (Fsp3) is 0.360. The van der Waals surface area contributed by atoms with Crippen molar-refractivity contribution in [2.75, 3.05) is 37.0 Å². The molecule has 1 atom stereocenters. The van der Waals surface area contributed by atoms with E-state index in [1.54, 1.807) is 30.2 Å². The minimum Gasteiger partial charge on any atom is -0.452 e. The number of ether oxygens (including phenoxy) is 1. The molecule has 0 bridgehead atoms. The summed E-state index contributed by atoms with van der Waals surface area (Å²) in [6.07, 6.45) is 3.85. The maximum Gasteiger partial charge on any atom is 0.277 e. The summed E-state index contributed by atoms with van der Waals surface area (Å²) in [5.74, 6) is -0.477. The highest BCUT2D eigenvalue weighted by atomic mass is 32.2. The SMILES string of the molecule is COCCCN1C(=O)c2cccc3c(NC(=O)C4CCCCN4S(=O)(=O)c4ccco4)ccc1c23. The topological polar surface area (TPSA) is 109 Å². The molecule has 5 rings (SSSR count). The normalized spacial score (nSPS) is 18.4. The van der Waals surface area contributed by atoms with Crippen molar-refractivity contribution in [3.63, 3.8) is 0 Å². The highest BCUT2D eigenvalue weighted by Crippen LogP contribution is 2.41. The Morgan fingerprint density at radius 2 is 2.03 bits per heavy atom. The summed E-state index contributed by atoms with van der Waals surface area (Å²) in [5, 5.41) is 4.30. The minimum atomic E-state index is -3.93. The van der Waals surface area contributed by atoms with E-state index in [4.69, 9.17) is 9.15 Å². The van der Waals surface area contributed by atoms with Crippen molar-refractivity contribution in [1.82, 2.24) is 4.31 Å². The Morgan fingerprint density at radius 3 is 2.80 bits per heavy atom. The number of carbonyl (C=O) groups is 2. The van der Waals surface area contributed by atoms with E-state index in [0.29, 0.717) is 43.7 Å². The molecule has 2 aliphatic rings. The minimum absolute atomic E-state index is 0.0758. The Kier molecular flexibility index (Phi) is 6.35. The molecular weight excluding hydrogens is 470 g/mol. The van der Waals surface area contributed by atoms with Crippen LogP contribution >= 0.6 is 0 Å². The van der Waals surface area contributed by atoms with Crippen LogP contribution in [0.1, 0.15) is 36.0 Å². The van der Waals surface area contributed by atoms with E-state index >= 15 is 0 Å². The molecule has 35 heavy (non-hydrogen) atoms. The summed E-state index contributed by atoms with van der Waals surface area (Å²) in [6.45, 7) is 1.33. The van der Waals surface area contributed by atoms with Crippen LogP contribution < -0.4 is 10.2 Å². The summed E-state index contributed by atoms with van der Waals surface area (Å²) in [5.41, 5.74) is 1.93. The lowest BCUT2D eigenvalue weighted by molar-refractivity contribution is -0.120. The van der Waals surface area contributed by atoms with E-state index in [9.17, 15) is 18.0 Å². The third-order valence-electron chi connectivity index (χ3n) is 6.59. The van der Waals surface area contributed by atoms with Crippen LogP contribution in [0, 0.1) is 0 Å². The van der Waals surface area contributed by atoms with Crippen LogP contribution in [0.3, 0.4) is 0 Å². The number of furan rings is 1. The highest BCUT2D eigenvalue weighted by molar-refractivity contribution is 7.89. The molecule has 9 nitrogen and oxygen atoms in total. The van der Waals surface area contributed by atoms with Crippen LogP contribution in [0.25, 0.3) is 10.8 Å². The van der Waals surface area contributed by atoms with Crippen LogP contribution in [-0.4, -0.2) is 57.4 Å². The molecule has 1 fully saturated rings. The smallest absolute Gasteiger partial charge is 0.277 e. The van der Waals surface area contributed by atoms with E-state index in [2.05, 4.69) is 5.32 Å². The average molecular weight is 498 g/mol. The Balaban J connectivity index is 1.44. The molecule has 1 unspecified atom stereocenters. The van der Waals surface area contributed by atoms with Gasteiger partial charge in [-0.15, -0.1) is 0 Å². The number of sulfonamides is 1. The van der Waals surface area contributed by atoms with E-state index < -0.39 is 22.0 Å². The van der Waals surface area contributed by atoms with Crippen LogP contribution in [-0.2, 0) is 19.6 Å². The predicted molar refractivity (Wildman–Crippen MR) is 131 cm³/mol. The van der Waals surface area contributed by atoms with Crippen molar-refractivity contribution in [2.24, 2.45) is 0 Å². The molecule has 3 heterocycles. The first-order valence-electron chi connectivity index (χ1n) is 11.7. The largest absolute Gasteiger partial charge is 0.452 e. The van der Waals surface area contributed by atoms with E-state index in [1.165, 1.54) is 22.7 Å². The number of nitrogens with one attached hydrogen (secondary N) is 1. The summed E-state index contributed by atoms with van der Waals surface area (Å²) >= 11 is 0. The second-order valence-electron chi connectivity index (χ2n) is 8.71. The fourth-order valence-electron chi connectivity index (χ4n) is 4.94. The van der Waals surface area contributed by atoms with Crippen molar-refractivity contribution in [1.29, 1.82) is 0 Å². The number of piperidine rings is 1. The first kappa shape index (κ1) is 23.5. The zero-order valence-electron chi connectivity index (χ0n) is 19.4. The Hall–Kier alpha value is -3.21. The van der Waals surface area contributed by atoms with Gasteiger partial charge >= 0.3 is 0 Å². The van der Waals surface area contributed by atoms with Gasteiger partial charge in [0.1, 0.15) is 6.04 Å². The number of methoxy groups -OCH3 is 1. The standard InChI is InChI=1S/C25H27N3O6S/c1-33-15-6-13-27-20-12-11-19(17-7-4-8-18(23(17)20)25(27)30)26-24(29)21-9-2-3-14-28(21)35(31,32)22-10-5-16-34-22/h4-5,7-8,10-12,16,21H,2-3,6,9,13-15H2,1H3,(H,26,29). The van der Waals surface area contributed by atoms with Gasteiger partial charge in [0.05, 0.1) is 12.0 Å². The lowest BCUT2D eigenvalue weighted by Gasteiger charge is -2.33. The molecular formula is C25H27N3O6S. The number of hydrogen-bond donors (Lipinski definition) is 1. The molecule has 0 saturated carbocycles. The zero-order valence-corrected chi connectivity index (χ0v) is 20.2. The third kappa shape index (κ3) is 4.11. The van der Waals surface area contributed by atoms with Gasteiger partial charge in [0.15, 0.2) is 0 Å². The third-order valence-corrected chi connectivity index (χ3v) is 8.38. The summed E-state index contributed by atoms with van der Waals surface area (Å²) in [4.78, 5) is 28.2. The Bertz CT molecular complexity index is 1370. The number of rotatable bonds is 8. The number of carbonyl (C=O) groups excluding carboxylic acids is 2. The molecule has 2 amide bonds. The van der Waals surface area contributed by atoms with E-state index in [1.807, 2.05) is 12.1 Å². The molecule has 0 radical (unpaired) electrons. The summed E-state index contributed by atoms with van der Waals surface area (Å²) in [6, 6.07) is 11.1. The highest BCUT2D eigenvalue weighted by Gasteiger charge is 2.39. The molecule has 1 saturated heterocycles. The van der Waals surface area contributed by atoms with Gasteiger partial charge in [0, 0.05) is 48.8 Å². The van der Waals surface area contributed by atoms with Gasteiger partial charge in [-0.3, -0.25) is 9.59 Å². The van der Waals surface area contributed by atoms with Gasteiger partial charge in [0.25, 0.3) is 15.9 Å². The molecule has 3 aromatic rings. The predicted octanol–water partition coefficient (Wildman–Crippen LogP) is 3.61. The van der Waals surface area contributed by atoms with Gasteiger partial charge in [-0.2, -0.15) is 4.31 Å². The van der Waals surface area contributed by atoms with Gasteiger partial charge in [0.2, 0.25) is 11.0 Å². The lowest BCUT2D eigenvalue weighted by atomic mass is 10.0. The molecule has 1 aromatic heterocycles. The van der Waals surface area contributed by atoms with Crippen molar-refractivity contribution in [2.45, 2.75) is 36.8 Å². The molecule has 0 aliphatic carbocycles. The number of benzene rings is 2. The Morgan fingerprint density at radius 1 is 1.17 bits per heavy atom. The average Bonchev–Trinajstić information content (AvgIpc) is 3.51. The lowest BCUT2D eigenvalue weighted by Crippen LogP contribution is -2.49. The first-order valence-corrected chi connectivity index (χ1v) is 13.1. The summed E-state index contributed by atoms with van der Waals surface area (Å²) < 4.78 is 37.7. The van der Waals surface area contributed by atoms with Crippen LogP contribution in [0.2, 0.25) is 0 Å². The van der Waals surface area contributed by atoms with Crippen LogP contribution in [0.4, 0.5) is 11.4 Å². The van der Waals surface area contributed by atoms with Gasteiger partial charge in [-0.05, 0) is 49.6 Å². The van der Waals surface area contributed by atoms with Gasteiger partial charge in [-0.1, -0.05) is 18.6 Å². The van der Waals surface area contributed by atoms with Crippen molar-refractivity contribution >= 4 is 44.0 Å². The number of hydrogen-bond acceptors (Lipinski definition) is 6. The van der Waals surface area contributed by atoms with Crippen molar-refractivity contribution in [3.8, 4) is 0 Å². The van der Waals surface area contributed by atoms with Gasteiger partial charge < -0.3 is 19.4 Å². The monoisotopic (exact) mass is 497 g/mol. The molecule has 184 valence electrons. The van der Waals surface area contributed by atoms with Gasteiger partial charge in [-0.25, -0.2) is 8.42 Å². The summed E-state index contributed by atoms with van der Waals surface area (Å²) in [7, 11) is -2.30. The second-order valence-corrected chi connectivity index (χ2v) is 10.5. The maximum absolute atomic E-state index is 13.4. The van der Waals surface area contributed by atoms with E-state index in [0.717, 1.165) is 22.9 Å². The number of anilines is 2. The van der Waals surface area contributed by atoms with Crippen LogP contribution in [0.15, 0.2) is 58.2 Å². The first-order chi connectivity index (χ1) is 16.9. The molecule has 10 heteroatoms. The van der Waals surface area contributed by atoms with Crippen molar-refractivity contribution in [3.05, 3.63) is 54.3 Å². The van der Waals surface area contributed by atoms with Crippen LogP contribution in [0.5, 0.6) is 0 Å². The number of nitrogens with zero attached hydrogens (tertiary/aromatic N) is 2. The second kappa shape index (κ2) is 9.44. The Labute approximate surface area is 203 Å². The zero-order chi connectivity index (χ0) is 24.6. The molecule has 2 aliphatic heterocycles. The molecule has 1 N–H and O–H groups in total. The molecule has 0 spiro atoms. The molecule has 2 aromatic carbocycles. The quantitative estimate of drug-likeness (QED) is 0.476. The fourth-order valence-corrected chi connectivity index (χ4v) is 6.51. The van der Waals surface area contributed by atoms with E-state index in [-0.39, 0.29) is 17.5 Å². The maximum atomic E-state index is 13.4. The van der Waals surface area contributed by atoms with Crippen molar-refractivity contribution < 1.29 is 27.2 Å². The number of amides is 2.